The van der Waals surface area contributed by atoms with Gasteiger partial charge in [0.2, 0.25) is 0 Å². The van der Waals surface area contributed by atoms with Crippen molar-refractivity contribution in [2.75, 3.05) is 7.05 Å². The van der Waals surface area contributed by atoms with Crippen molar-refractivity contribution in [2.24, 2.45) is 11.7 Å². The van der Waals surface area contributed by atoms with Crippen LogP contribution in [0.1, 0.15) is 19.8 Å². The van der Waals surface area contributed by atoms with Gasteiger partial charge in [-0.1, -0.05) is 0 Å². The van der Waals surface area contributed by atoms with E-state index in [4.69, 9.17) is 5.73 Å². The average molecular weight is 128 g/mol. The molecular formula is C7H16N2. The van der Waals surface area contributed by atoms with Gasteiger partial charge in [0.05, 0.1) is 0 Å². The summed E-state index contributed by atoms with van der Waals surface area (Å²) in [7, 11) is 2.01. The Morgan fingerprint density at radius 3 is 2.44 bits per heavy atom. The van der Waals surface area contributed by atoms with E-state index in [1.165, 1.54) is 12.8 Å². The fourth-order valence-electron chi connectivity index (χ4n) is 1.35. The van der Waals surface area contributed by atoms with Gasteiger partial charge in [-0.15, -0.1) is 0 Å². The summed E-state index contributed by atoms with van der Waals surface area (Å²) in [6.07, 6.45) is 2.42. The Bertz CT molecular complexity index is 86.9. The van der Waals surface area contributed by atoms with Gasteiger partial charge in [-0.2, -0.15) is 0 Å². The monoisotopic (exact) mass is 128 g/mol. The molecule has 0 radical (unpaired) electrons. The lowest BCUT2D eigenvalue weighted by atomic mass is 9.77. The molecule has 0 bridgehead atoms. The third-order valence-electron chi connectivity index (χ3n) is 2.37. The van der Waals surface area contributed by atoms with Gasteiger partial charge in [0.15, 0.2) is 0 Å². The molecule has 3 N–H and O–H groups in total. The van der Waals surface area contributed by atoms with E-state index in [0.717, 1.165) is 5.92 Å². The van der Waals surface area contributed by atoms with Crippen LogP contribution >= 0.6 is 0 Å². The van der Waals surface area contributed by atoms with Crippen LogP contribution in [0.5, 0.6) is 0 Å². The van der Waals surface area contributed by atoms with E-state index in [1.807, 2.05) is 7.05 Å². The van der Waals surface area contributed by atoms with Crippen molar-refractivity contribution in [3.8, 4) is 0 Å². The highest BCUT2D eigenvalue weighted by atomic mass is 14.9. The minimum Gasteiger partial charge on any atom is -0.328 e. The largest absolute Gasteiger partial charge is 0.328 e. The maximum absolute atomic E-state index is 5.63. The summed E-state index contributed by atoms with van der Waals surface area (Å²) in [5.41, 5.74) is 5.63. The smallest absolute Gasteiger partial charge is 0.00651 e. The molecule has 9 heavy (non-hydrogen) atoms. The Morgan fingerprint density at radius 2 is 2.11 bits per heavy atom. The van der Waals surface area contributed by atoms with Crippen LogP contribution < -0.4 is 11.1 Å². The molecule has 1 fully saturated rings. The molecule has 2 nitrogen and oxygen atoms in total. The zero-order valence-electron chi connectivity index (χ0n) is 6.22. The minimum absolute atomic E-state index is 0.491. The van der Waals surface area contributed by atoms with Crippen molar-refractivity contribution < 1.29 is 0 Å². The van der Waals surface area contributed by atoms with E-state index in [1.54, 1.807) is 0 Å². The van der Waals surface area contributed by atoms with E-state index in [0.29, 0.717) is 12.1 Å². The standard InChI is InChI=1S/C7H16N2/c1-5(9-2)6-3-7(8)4-6/h5-7,9H,3-4,8H2,1-2H3. The molecule has 0 saturated heterocycles. The molecule has 1 aliphatic rings. The number of nitrogens with one attached hydrogen (secondary N) is 1. The summed E-state index contributed by atoms with van der Waals surface area (Å²) in [6.45, 7) is 2.22. The van der Waals surface area contributed by atoms with Crippen LogP contribution in [0.25, 0.3) is 0 Å². The molecule has 0 aromatic rings. The first kappa shape index (κ1) is 7.03. The molecular weight excluding hydrogens is 112 g/mol. The van der Waals surface area contributed by atoms with Gasteiger partial charge < -0.3 is 11.1 Å². The topological polar surface area (TPSA) is 38.0 Å². The Balaban J connectivity index is 2.15. The predicted molar refractivity (Wildman–Crippen MR) is 39.2 cm³/mol. The zero-order valence-corrected chi connectivity index (χ0v) is 6.22. The predicted octanol–water partition coefficient (Wildman–Crippen LogP) is 0.332. The summed E-state index contributed by atoms with van der Waals surface area (Å²) in [4.78, 5) is 0. The summed E-state index contributed by atoms with van der Waals surface area (Å²) >= 11 is 0. The average Bonchev–Trinajstić information content (AvgIpc) is 1.79. The lowest BCUT2D eigenvalue weighted by molar-refractivity contribution is 0.213. The molecule has 1 unspecified atom stereocenters. The maximum atomic E-state index is 5.63. The molecule has 0 heterocycles. The molecule has 0 aromatic carbocycles. The highest BCUT2D eigenvalue weighted by Crippen LogP contribution is 2.28. The van der Waals surface area contributed by atoms with Crippen molar-refractivity contribution in [1.29, 1.82) is 0 Å². The van der Waals surface area contributed by atoms with E-state index in [-0.39, 0.29) is 0 Å². The maximum Gasteiger partial charge on any atom is 0.00651 e. The fourth-order valence-corrected chi connectivity index (χ4v) is 1.35. The van der Waals surface area contributed by atoms with Crippen LogP contribution in [0.2, 0.25) is 0 Å². The van der Waals surface area contributed by atoms with Crippen molar-refractivity contribution in [2.45, 2.75) is 31.8 Å². The Morgan fingerprint density at radius 1 is 1.56 bits per heavy atom. The van der Waals surface area contributed by atoms with E-state index in [2.05, 4.69) is 12.2 Å². The summed E-state index contributed by atoms with van der Waals surface area (Å²) < 4.78 is 0. The molecule has 0 amide bonds. The summed E-state index contributed by atoms with van der Waals surface area (Å²) in [6, 6.07) is 1.15. The molecule has 2 heteroatoms. The Hall–Kier alpha value is -0.0800. The fraction of sp³-hybridized carbons (Fsp3) is 1.00. The van der Waals surface area contributed by atoms with E-state index >= 15 is 0 Å². The van der Waals surface area contributed by atoms with Crippen LogP contribution in [0.4, 0.5) is 0 Å². The first-order valence-electron chi connectivity index (χ1n) is 3.67. The molecule has 1 saturated carbocycles. The molecule has 0 spiro atoms. The van der Waals surface area contributed by atoms with Crippen LogP contribution in [0.15, 0.2) is 0 Å². The zero-order chi connectivity index (χ0) is 6.85. The first-order chi connectivity index (χ1) is 4.24. The van der Waals surface area contributed by atoms with Crippen molar-refractivity contribution in [3.63, 3.8) is 0 Å². The van der Waals surface area contributed by atoms with Gasteiger partial charge in [-0.3, -0.25) is 0 Å². The van der Waals surface area contributed by atoms with Gasteiger partial charge in [-0.05, 0) is 32.7 Å². The Kier molecular flexibility index (Phi) is 2.09. The molecule has 1 aliphatic carbocycles. The van der Waals surface area contributed by atoms with Crippen LogP contribution in [-0.4, -0.2) is 19.1 Å². The molecule has 1 rings (SSSR count). The second-order valence-electron chi connectivity index (χ2n) is 3.07. The molecule has 1 atom stereocenters. The minimum atomic E-state index is 0.491. The third-order valence-corrected chi connectivity index (χ3v) is 2.37. The van der Waals surface area contributed by atoms with E-state index < -0.39 is 0 Å². The van der Waals surface area contributed by atoms with E-state index in [9.17, 15) is 0 Å². The molecule has 0 aromatic heterocycles. The van der Waals surface area contributed by atoms with Crippen molar-refractivity contribution in [3.05, 3.63) is 0 Å². The second kappa shape index (κ2) is 2.67. The molecule has 0 aliphatic heterocycles. The van der Waals surface area contributed by atoms with Crippen LogP contribution in [-0.2, 0) is 0 Å². The SMILES string of the molecule is CNC(C)C1CC(N)C1. The quantitative estimate of drug-likeness (QED) is 0.562. The second-order valence-corrected chi connectivity index (χ2v) is 3.07. The van der Waals surface area contributed by atoms with Gasteiger partial charge >= 0.3 is 0 Å². The number of rotatable bonds is 2. The van der Waals surface area contributed by atoms with Gasteiger partial charge in [0, 0.05) is 12.1 Å². The number of hydrogen-bond acceptors (Lipinski definition) is 2. The summed E-state index contributed by atoms with van der Waals surface area (Å²) in [5.74, 6) is 0.838. The highest BCUT2D eigenvalue weighted by molar-refractivity contribution is 4.87. The van der Waals surface area contributed by atoms with Gasteiger partial charge in [-0.25, -0.2) is 0 Å². The molecule has 54 valence electrons. The van der Waals surface area contributed by atoms with Crippen LogP contribution in [0, 0.1) is 5.92 Å². The van der Waals surface area contributed by atoms with Crippen LogP contribution in [0.3, 0.4) is 0 Å². The lowest BCUT2D eigenvalue weighted by Gasteiger charge is -2.36. The number of nitrogens with two attached hydrogens (primary N) is 1. The highest BCUT2D eigenvalue weighted by Gasteiger charge is 2.29. The summed E-state index contributed by atoms with van der Waals surface area (Å²) in [5, 5.41) is 3.23. The lowest BCUT2D eigenvalue weighted by Crippen LogP contribution is -2.45. The van der Waals surface area contributed by atoms with Gasteiger partial charge in [0.1, 0.15) is 0 Å². The van der Waals surface area contributed by atoms with Gasteiger partial charge in [0.25, 0.3) is 0 Å². The Labute approximate surface area is 56.8 Å². The number of hydrogen-bond donors (Lipinski definition) is 2. The van der Waals surface area contributed by atoms with Crippen molar-refractivity contribution >= 4 is 0 Å². The van der Waals surface area contributed by atoms with Crippen molar-refractivity contribution in [1.82, 2.24) is 5.32 Å². The normalized spacial score (nSPS) is 37.7. The third kappa shape index (κ3) is 1.43. The first-order valence-corrected chi connectivity index (χ1v) is 3.67.